The molecule has 0 aromatic heterocycles. The molecule has 1 saturated carbocycles. The first-order chi connectivity index (χ1) is 8.52. The van der Waals surface area contributed by atoms with Crippen molar-refractivity contribution in [2.45, 2.75) is 71.4 Å². The highest BCUT2D eigenvalue weighted by Crippen LogP contribution is 2.30. The Bertz CT molecular complexity index is 258. The molecule has 0 bridgehead atoms. The lowest BCUT2D eigenvalue weighted by Crippen LogP contribution is -2.62. The maximum atomic E-state index is 3.73. The van der Waals surface area contributed by atoms with E-state index in [1.54, 1.807) is 0 Å². The molecule has 2 atom stereocenters. The smallest absolute Gasteiger partial charge is 0.0278 e. The first-order valence-corrected chi connectivity index (χ1v) is 8.01. The fourth-order valence-electron chi connectivity index (χ4n) is 3.51. The van der Waals surface area contributed by atoms with Crippen LogP contribution < -0.4 is 5.32 Å². The van der Waals surface area contributed by atoms with E-state index < -0.39 is 0 Å². The molecule has 106 valence electrons. The Labute approximate surface area is 114 Å². The third-order valence-corrected chi connectivity index (χ3v) is 5.41. The van der Waals surface area contributed by atoms with Crippen molar-refractivity contribution in [1.82, 2.24) is 10.2 Å². The van der Waals surface area contributed by atoms with Gasteiger partial charge in [0.15, 0.2) is 0 Å². The highest BCUT2D eigenvalue weighted by molar-refractivity contribution is 4.93. The second-order valence-corrected chi connectivity index (χ2v) is 7.20. The Morgan fingerprint density at radius 2 is 1.83 bits per heavy atom. The number of hydrogen-bond donors (Lipinski definition) is 1. The highest BCUT2D eigenvalue weighted by atomic mass is 15.2. The lowest BCUT2D eigenvalue weighted by atomic mass is 9.82. The van der Waals surface area contributed by atoms with Gasteiger partial charge in [-0.15, -0.1) is 0 Å². The average Bonchev–Trinajstić information content (AvgIpc) is 2.37. The first-order valence-electron chi connectivity index (χ1n) is 8.01. The number of hydrogen-bond acceptors (Lipinski definition) is 2. The predicted molar refractivity (Wildman–Crippen MR) is 78.9 cm³/mol. The molecule has 0 aromatic carbocycles. The Balaban J connectivity index is 1.87. The van der Waals surface area contributed by atoms with E-state index in [4.69, 9.17) is 0 Å². The molecule has 1 heterocycles. The molecule has 2 rings (SSSR count). The van der Waals surface area contributed by atoms with Crippen LogP contribution in [0.25, 0.3) is 0 Å². The Kier molecular flexibility index (Phi) is 4.71. The molecule has 0 amide bonds. The molecule has 2 nitrogen and oxygen atoms in total. The van der Waals surface area contributed by atoms with Gasteiger partial charge in [-0.3, -0.25) is 4.90 Å². The van der Waals surface area contributed by atoms with Crippen LogP contribution in [0.3, 0.4) is 0 Å². The number of rotatable bonds is 3. The molecule has 0 aromatic rings. The van der Waals surface area contributed by atoms with Crippen molar-refractivity contribution < 1.29 is 0 Å². The van der Waals surface area contributed by atoms with Gasteiger partial charge in [-0.2, -0.15) is 0 Å². The fourth-order valence-corrected chi connectivity index (χ4v) is 3.51. The summed E-state index contributed by atoms with van der Waals surface area (Å²) in [6, 6.07) is 0.712. The molecule has 2 heteroatoms. The largest absolute Gasteiger partial charge is 0.309 e. The quantitative estimate of drug-likeness (QED) is 0.829. The summed E-state index contributed by atoms with van der Waals surface area (Å²) in [5.74, 6) is 1.94. The normalized spacial score (nSPS) is 43.0. The van der Waals surface area contributed by atoms with Crippen LogP contribution >= 0.6 is 0 Å². The molecule has 0 spiro atoms. The number of nitrogens with one attached hydrogen (secondary N) is 1. The summed E-state index contributed by atoms with van der Waals surface area (Å²) in [6.07, 6.45) is 7.06. The van der Waals surface area contributed by atoms with Gasteiger partial charge in [0.2, 0.25) is 0 Å². The molecular formula is C16H32N2. The van der Waals surface area contributed by atoms with Crippen LogP contribution in [0.5, 0.6) is 0 Å². The van der Waals surface area contributed by atoms with Gasteiger partial charge in [0.1, 0.15) is 0 Å². The second kappa shape index (κ2) is 5.92. The topological polar surface area (TPSA) is 15.3 Å². The minimum Gasteiger partial charge on any atom is -0.309 e. The monoisotopic (exact) mass is 252 g/mol. The molecule has 1 saturated heterocycles. The summed E-state index contributed by atoms with van der Waals surface area (Å²) in [4.78, 5) is 2.75. The zero-order chi connectivity index (χ0) is 13.2. The molecule has 2 unspecified atom stereocenters. The van der Waals surface area contributed by atoms with Gasteiger partial charge in [-0.1, -0.05) is 26.7 Å². The molecular weight excluding hydrogens is 220 g/mol. The van der Waals surface area contributed by atoms with E-state index in [-0.39, 0.29) is 0 Å². The van der Waals surface area contributed by atoms with Gasteiger partial charge in [-0.05, 0) is 44.9 Å². The van der Waals surface area contributed by atoms with E-state index in [1.807, 2.05) is 0 Å². The second-order valence-electron chi connectivity index (χ2n) is 7.20. The lowest BCUT2D eigenvalue weighted by molar-refractivity contribution is 0.0680. The predicted octanol–water partition coefficient (Wildman–Crippen LogP) is 3.28. The summed E-state index contributed by atoms with van der Waals surface area (Å²) in [5, 5.41) is 3.73. The third-order valence-electron chi connectivity index (χ3n) is 5.41. The van der Waals surface area contributed by atoms with E-state index >= 15 is 0 Å². The minimum atomic E-state index is 0.342. The molecule has 1 aliphatic heterocycles. The average molecular weight is 252 g/mol. The van der Waals surface area contributed by atoms with Gasteiger partial charge in [0.05, 0.1) is 0 Å². The van der Waals surface area contributed by atoms with Gasteiger partial charge in [0.25, 0.3) is 0 Å². The van der Waals surface area contributed by atoms with Gasteiger partial charge < -0.3 is 5.32 Å². The van der Waals surface area contributed by atoms with Crippen molar-refractivity contribution >= 4 is 0 Å². The Hall–Kier alpha value is -0.0800. The van der Waals surface area contributed by atoms with E-state index in [0.717, 1.165) is 18.4 Å². The number of nitrogens with zero attached hydrogens (tertiary/aromatic N) is 1. The van der Waals surface area contributed by atoms with Gasteiger partial charge in [0, 0.05) is 31.2 Å². The van der Waals surface area contributed by atoms with Crippen molar-refractivity contribution in [3.8, 4) is 0 Å². The molecule has 1 N–H and O–H groups in total. The van der Waals surface area contributed by atoms with Gasteiger partial charge >= 0.3 is 0 Å². The summed E-state index contributed by atoms with van der Waals surface area (Å²) in [7, 11) is 0. The van der Waals surface area contributed by atoms with Crippen LogP contribution in [0, 0.1) is 11.8 Å². The SMILES string of the molecule is CCC1(C)CN(CC2CCC(C)CC2)C(C)CN1. The zero-order valence-electron chi connectivity index (χ0n) is 12.8. The van der Waals surface area contributed by atoms with Crippen LogP contribution in [0.4, 0.5) is 0 Å². The zero-order valence-corrected chi connectivity index (χ0v) is 12.8. The third kappa shape index (κ3) is 3.48. The van der Waals surface area contributed by atoms with E-state index in [2.05, 4.69) is 37.9 Å². The van der Waals surface area contributed by atoms with Crippen molar-refractivity contribution in [3.05, 3.63) is 0 Å². The van der Waals surface area contributed by atoms with Crippen LogP contribution in [0.15, 0.2) is 0 Å². The molecule has 2 aliphatic rings. The fraction of sp³-hybridized carbons (Fsp3) is 1.00. The maximum absolute atomic E-state index is 3.73. The van der Waals surface area contributed by atoms with Crippen LogP contribution in [-0.2, 0) is 0 Å². The van der Waals surface area contributed by atoms with Crippen molar-refractivity contribution in [3.63, 3.8) is 0 Å². The molecule has 2 fully saturated rings. The van der Waals surface area contributed by atoms with Gasteiger partial charge in [-0.25, -0.2) is 0 Å². The molecule has 1 aliphatic carbocycles. The summed E-state index contributed by atoms with van der Waals surface area (Å²) >= 11 is 0. The summed E-state index contributed by atoms with van der Waals surface area (Å²) < 4.78 is 0. The molecule has 18 heavy (non-hydrogen) atoms. The highest BCUT2D eigenvalue weighted by Gasteiger charge is 2.33. The number of piperazine rings is 1. The standard InChI is InChI=1S/C16H32N2/c1-5-16(4)12-18(14(3)10-17-16)11-15-8-6-13(2)7-9-15/h13-15,17H,5-12H2,1-4H3. The van der Waals surface area contributed by atoms with Crippen molar-refractivity contribution in [1.29, 1.82) is 0 Å². The maximum Gasteiger partial charge on any atom is 0.0278 e. The minimum absolute atomic E-state index is 0.342. The van der Waals surface area contributed by atoms with Crippen LogP contribution in [0.2, 0.25) is 0 Å². The molecule has 0 radical (unpaired) electrons. The Morgan fingerprint density at radius 3 is 2.44 bits per heavy atom. The van der Waals surface area contributed by atoms with Crippen LogP contribution in [-0.4, -0.2) is 36.1 Å². The first kappa shape index (κ1) is 14.3. The van der Waals surface area contributed by atoms with Crippen LogP contribution in [0.1, 0.15) is 59.8 Å². The van der Waals surface area contributed by atoms with Crippen molar-refractivity contribution in [2.75, 3.05) is 19.6 Å². The summed E-state index contributed by atoms with van der Waals surface area (Å²) in [6.45, 7) is 13.2. The summed E-state index contributed by atoms with van der Waals surface area (Å²) in [5.41, 5.74) is 0.342. The van der Waals surface area contributed by atoms with E-state index in [0.29, 0.717) is 11.6 Å². The van der Waals surface area contributed by atoms with E-state index in [9.17, 15) is 0 Å². The van der Waals surface area contributed by atoms with Crippen molar-refractivity contribution in [2.24, 2.45) is 11.8 Å². The lowest BCUT2D eigenvalue weighted by Gasteiger charge is -2.46. The Morgan fingerprint density at radius 1 is 1.17 bits per heavy atom. The van der Waals surface area contributed by atoms with E-state index in [1.165, 1.54) is 45.2 Å².